The van der Waals surface area contributed by atoms with E-state index in [1.807, 2.05) is 26.0 Å². The lowest BCUT2D eigenvalue weighted by atomic mass is 10.1. The molecule has 1 atom stereocenters. The smallest absolute Gasteiger partial charge is 0.262 e. The number of carbonyl (C=O) groups excluding carboxylic acids is 1. The number of nitrogens with one attached hydrogen (secondary N) is 1. The number of amides is 1. The first-order chi connectivity index (χ1) is 13.9. The topological polar surface area (TPSA) is 64.0 Å². The normalized spacial score (nSPS) is 14.9. The molecule has 0 aliphatic heterocycles. The molecule has 1 amide bonds. The summed E-state index contributed by atoms with van der Waals surface area (Å²) < 4.78 is 15.0. The highest BCUT2D eigenvalue weighted by molar-refractivity contribution is 8.00. The van der Waals surface area contributed by atoms with E-state index in [1.54, 1.807) is 28.8 Å². The first-order valence-electron chi connectivity index (χ1n) is 9.68. The van der Waals surface area contributed by atoms with Crippen LogP contribution in [0.1, 0.15) is 43.5 Å². The first kappa shape index (κ1) is 19.6. The number of carbonyl (C=O) groups is 1. The van der Waals surface area contributed by atoms with Gasteiger partial charge in [0.2, 0.25) is 5.91 Å². The van der Waals surface area contributed by atoms with E-state index in [0.29, 0.717) is 21.6 Å². The van der Waals surface area contributed by atoms with Crippen molar-refractivity contribution in [3.8, 4) is 0 Å². The van der Waals surface area contributed by atoms with Crippen LogP contribution >= 0.6 is 11.8 Å². The van der Waals surface area contributed by atoms with E-state index >= 15 is 0 Å². The maximum Gasteiger partial charge on any atom is 0.262 e. The van der Waals surface area contributed by atoms with Gasteiger partial charge in [-0.05, 0) is 56.5 Å². The van der Waals surface area contributed by atoms with Crippen molar-refractivity contribution in [3.05, 3.63) is 70.3 Å². The van der Waals surface area contributed by atoms with Crippen LogP contribution in [0.25, 0.3) is 10.9 Å². The van der Waals surface area contributed by atoms with Crippen molar-refractivity contribution in [2.75, 3.05) is 0 Å². The Morgan fingerprint density at radius 1 is 1.17 bits per heavy atom. The van der Waals surface area contributed by atoms with Crippen LogP contribution in [-0.4, -0.2) is 21.5 Å². The molecule has 1 unspecified atom stereocenters. The van der Waals surface area contributed by atoms with E-state index in [0.717, 1.165) is 12.8 Å². The predicted molar refractivity (Wildman–Crippen MR) is 113 cm³/mol. The predicted octanol–water partition coefficient (Wildman–Crippen LogP) is 4.23. The number of aromatic nitrogens is 2. The molecule has 1 N–H and O–H groups in total. The van der Waals surface area contributed by atoms with Gasteiger partial charge in [0, 0.05) is 12.1 Å². The van der Waals surface area contributed by atoms with Gasteiger partial charge in [-0.2, -0.15) is 0 Å². The van der Waals surface area contributed by atoms with E-state index < -0.39 is 5.25 Å². The Morgan fingerprint density at radius 3 is 2.52 bits per heavy atom. The summed E-state index contributed by atoms with van der Waals surface area (Å²) in [6.07, 6.45) is 1.94. The van der Waals surface area contributed by atoms with Crippen LogP contribution in [0.5, 0.6) is 0 Å². The molecule has 4 rings (SSSR count). The fraction of sp³-hybridized carbons (Fsp3) is 0.318. The van der Waals surface area contributed by atoms with Gasteiger partial charge in [0.15, 0.2) is 5.16 Å². The highest BCUT2D eigenvalue weighted by Crippen LogP contribution is 2.36. The Balaban J connectivity index is 1.79. The van der Waals surface area contributed by atoms with Gasteiger partial charge >= 0.3 is 0 Å². The third-order valence-corrected chi connectivity index (χ3v) is 6.07. The summed E-state index contributed by atoms with van der Waals surface area (Å²) in [6, 6.07) is 13.2. The molecule has 1 aromatic heterocycles. The number of halogens is 1. The summed E-state index contributed by atoms with van der Waals surface area (Å²) in [5.41, 5.74) is 1.14. The molecule has 0 saturated heterocycles. The number of hydrogen-bond donors (Lipinski definition) is 1. The average Bonchev–Trinajstić information content (AvgIpc) is 3.50. The number of hydrogen-bond acceptors (Lipinski definition) is 4. The minimum Gasteiger partial charge on any atom is -0.352 e. The maximum absolute atomic E-state index is 13.4. The van der Waals surface area contributed by atoms with Crippen molar-refractivity contribution < 1.29 is 9.18 Å². The second-order valence-electron chi connectivity index (χ2n) is 7.51. The third-order valence-electron chi connectivity index (χ3n) is 4.85. The second-order valence-corrected chi connectivity index (χ2v) is 8.58. The van der Waals surface area contributed by atoms with Gasteiger partial charge in [0.05, 0.1) is 10.9 Å². The number of nitrogens with zero attached hydrogens (tertiary/aromatic N) is 2. The number of fused-ring (bicyclic) bond motifs is 1. The van der Waals surface area contributed by atoms with Gasteiger partial charge in [-0.1, -0.05) is 36.0 Å². The van der Waals surface area contributed by atoms with E-state index in [4.69, 9.17) is 0 Å². The first-order valence-corrected chi connectivity index (χ1v) is 10.6. The standard InChI is InChI=1S/C22H22FN3O2S/c1-13(2)26-21(28)17-5-3-4-6-18(17)25-22(26)29-19(20(27)24-16-11-12-16)14-7-9-15(23)10-8-14/h3-10,13,16,19H,11-12H2,1-2H3,(H,24,27). The SMILES string of the molecule is CC(C)n1c(SC(C(=O)NC2CC2)c2ccc(F)cc2)nc2ccccc2c1=O. The van der Waals surface area contributed by atoms with Crippen LogP contribution in [-0.2, 0) is 4.79 Å². The average molecular weight is 412 g/mol. The van der Waals surface area contributed by atoms with Crippen molar-refractivity contribution in [2.24, 2.45) is 0 Å². The molecule has 1 aliphatic rings. The van der Waals surface area contributed by atoms with Crippen molar-refractivity contribution in [2.45, 2.75) is 49.2 Å². The Bertz CT molecular complexity index is 1110. The van der Waals surface area contributed by atoms with Crippen molar-refractivity contribution in [1.29, 1.82) is 0 Å². The molecule has 1 heterocycles. The molecule has 1 aliphatic carbocycles. The Labute approximate surface area is 172 Å². The molecular formula is C22H22FN3O2S. The molecule has 5 nitrogen and oxygen atoms in total. The lowest BCUT2D eigenvalue weighted by Crippen LogP contribution is -2.31. The highest BCUT2D eigenvalue weighted by atomic mass is 32.2. The highest BCUT2D eigenvalue weighted by Gasteiger charge is 2.30. The van der Waals surface area contributed by atoms with Crippen molar-refractivity contribution in [1.82, 2.24) is 14.9 Å². The third kappa shape index (κ3) is 4.19. The summed E-state index contributed by atoms with van der Waals surface area (Å²) in [7, 11) is 0. The van der Waals surface area contributed by atoms with Crippen molar-refractivity contribution in [3.63, 3.8) is 0 Å². The van der Waals surface area contributed by atoms with Gasteiger partial charge in [-0.3, -0.25) is 14.2 Å². The van der Waals surface area contributed by atoms with Crippen LogP contribution < -0.4 is 10.9 Å². The number of thioether (sulfide) groups is 1. The molecule has 1 fully saturated rings. The fourth-order valence-electron chi connectivity index (χ4n) is 3.18. The monoisotopic (exact) mass is 411 g/mol. The zero-order valence-electron chi connectivity index (χ0n) is 16.3. The molecule has 7 heteroatoms. The molecule has 3 aromatic rings. The summed E-state index contributed by atoms with van der Waals surface area (Å²) in [4.78, 5) is 30.7. The summed E-state index contributed by atoms with van der Waals surface area (Å²) in [5, 5.41) is 3.41. The Kier molecular flexibility index (Phi) is 5.41. The van der Waals surface area contributed by atoms with E-state index in [9.17, 15) is 14.0 Å². The lowest BCUT2D eigenvalue weighted by molar-refractivity contribution is -0.120. The van der Waals surface area contributed by atoms with E-state index in [-0.39, 0.29) is 29.4 Å². The minimum atomic E-state index is -0.630. The number of benzene rings is 2. The summed E-state index contributed by atoms with van der Waals surface area (Å²) in [5.74, 6) is -0.509. The Morgan fingerprint density at radius 2 is 1.86 bits per heavy atom. The van der Waals surface area contributed by atoms with Crippen LogP contribution in [0.4, 0.5) is 4.39 Å². The second kappa shape index (κ2) is 7.99. The number of para-hydroxylation sites is 1. The van der Waals surface area contributed by atoms with Crippen LogP contribution in [0, 0.1) is 5.82 Å². The molecule has 29 heavy (non-hydrogen) atoms. The maximum atomic E-state index is 13.4. The summed E-state index contributed by atoms with van der Waals surface area (Å²) >= 11 is 1.23. The minimum absolute atomic E-state index is 0.123. The van der Waals surface area contributed by atoms with Crippen LogP contribution in [0.15, 0.2) is 58.5 Å². The van der Waals surface area contributed by atoms with Gasteiger partial charge in [0.1, 0.15) is 11.1 Å². The summed E-state index contributed by atoms with van der Waals surface area (Å²) in [6.45, 7) is 3.83. The van der Waals surface area contributed by atoms with Gasteiger partial charge in [-0.25, -0.2) is 9.37 Å². The van der Waals surface area contributed by atoms with Crippen LogP contribution in [0.3, 0.4) is 0 Å². The van der Waals surface area contributed by atoms with E-state index in [2.05, 4.69) is 10.3 Å². The van der Waals surface area contributed by atoms with Gasteiger partial charge < -0.3 is 5.32 Å². The molecule has 1 saturated carbocycles. The zero-order valence-corrected chi connectivity index (χ0v) is 17.1. The molecule has 2 aromatic carbocycles. The van der Waals surface area contributed by atoms with E-state index in [1.165, 1.54) is 23.9 Å². The largest absolute Gasteiger partial charge is 0.352 e. The quantitative estimate of drug-likeness (QED) is 0.487. The lowest BCUT2D eigenvalue weighted by Gasteiger charge is -2.21. The number of rotatable bonds is 6. The van der Waals surface area contributed by atoms with Gasteiger partial charge in [-0.15, -0.1) is 0 Å². The van der Waals surface area contributed by atoms with Crippen LogP contribution in [0.2, 0.25) is 0 Å². The molecular weight excluding hydrogens is 389 g/mol. The molecule has 0 radical (unpaired) electrons. The molecule has 0 bridgehead atoms. The Hall–Kier alpha value is -2.67. The van der Waals surface area contributed by atoms with Gasteiger partial charge in [0.25, 0.3) is 5.56 Å². The van der Waals surface area contributed by atoms with Crippen molar-refractivity contribution >= 4 is 28.6 Å². The molecule has 150 valence electrons. The fourth-order valence-corrected chi connectivity index (χ4v) is 4.42. The molecule has 0 spiro atoms. The zero-order chi connectivity index (χ0) is 20.5.